The van der Waals surface area contributed by atoms with E-state index in [1.165, 1.54) is 11.8 Å². The van der Waals surface area contributed by atoms with Crippen molar-refractivity contribution in [2.24, 2.45) is 0 Å². The van der Waals surface area contributed by atoms with Crippen LogP contribution in [0.1, 0.15) is 56.4 Å². The number of carbonyl (C=O) groups excluding carboxylic acids is 1. The van der Waals surface area contributed by atoms with E-state index >= 15 is 0 Å². The van der Waals surface area contributed by atoms with E-state index < -0.39 is 11.6 Å². The normalized spacial score (nSPS) is 28.1. The van der Waals surface area contributed by atoms with Gasteiger partial charge in [-0.3, -0.25) is 9.69 Å². The van der Waals surface area contributed by atoms with Crippen molar-refractivity contribution in [3.8, 4) is 0 Å². The number of nitrogens with zero attached hydrogens (tertiary/aromatic N) is 2. The summed E-state index contributed by atoms with van der Waals surface area (Å²) in [6, 6.07) is 0. The van der Waals surface area contributed by atoms with Crippen LogP contribution >= 0.6 is 0 Å². The van der Waals surface area contributed by atoms with Crippen molar-refractivity contribution in [1.29, 1.82) is 0 Å². The lowest BCUT2D eigenvalue weighted by molar-refractivity contribution is -0.176. The molecule has 1 aromatic rings. The number of likely N-dealkylation sites (tertiary alicyclic amines) is 1. The first-order valence-electron chi connectivity index (χ1n) is 9.64. The number of amides is 1. The third kappa shape index (κ3) is 4.59. The summed E-state index contributed by atoms with van der Waals surface area (Å²) in [5, 5.41) is 13.5. The minimum absolute atomic E-state index is 0.225. The number of oxazole rings is 1. The van der Waals surface area contributed by atoms with Crippen LogP contribution in [0.15, 0.2) is 22.3 Å². The molecule has 2 aliphatic heterocycles. The van der Waals surface area contributed by atoms with Crippen LogP contribution in [0, 0.1) is 6.92 Å². The lowest BCUT2D eigenvalue weighted by Gasteiger charge is -2.51. The second kappa shape index (κ2) is 7.73. The molecular weight excluding hydrogens is 346 g/mol. The fourth-order valence-corrected chi connectivity index (χ4v) is 3.97. The monoisotopic (exact) mass is 377 g/mol. The van der Waals surface area contributed by atoms with Gasteiger partial charge in [0.05, 0.1) is 17.7 Å². The number of carbonyl (C=O) groups is 1. The number of hydrogen-bond donors (Lipinski definition) is 2. The predicted molar refractivity (Wildman–Crippen MR) is 102 cm³/mol. The Morgan fingerprint density at radius 2 is 2.15 bits per heavy atom. The number of aliphatic hydroxyl groups is 1. The Morgan fingerprint density at radius 1 is 1.44 bits per heavy atom. The number of nitrogens with one attached hydrogen (secondary N) is 1. The third-order valence-electron chi connectivity index (χ3n) is 5.75. The summed E-state index contributed by atoms with van der Waals surface area (Å²) >= 11 is 0. The molecule has 1 aromatic heterocycles. The van der Waals surface area contributed by atoms with Crippen molar-refractivity contribution in [2.45, 2.75) is 64.2 Å². The predicted octanol–water partition coefficient (Wildman–Crippen LogP) is 2.05. The van der Waals surface area contributed by atoms with Gasteiger partial charge in [-0.05, 0) is 33.6 Å². The molecule has 27 heavy (non-hydrogen) atoms. The van der Waals surface area contributed by atoms with E-state index in [-0.39, 0.29) is 23.8 Å². The molecule has 0 saturated carbocycles. The van der Waals surface area contributed by atoms with Crippen LogP contribution in [0.2, 0.25) is 0 Å². The molecule has 0 bridgehead atoms. The molecule has 2 fully saturated rings. The summed E-state index contributed by atoms with van der Waals surface area (Å²) in [4.78, 5) is 19.0. The van der Waals surface area contributed by atoms with Gasteiger partial charge in [0.15, 0.2) is 11.6 Å². The fourth-order valence-electron chi connectivity index (χ4n) is 3.97. The third-order valence-corrected chi connectivity index (χ3v) is 5.75. The standard InChI is InChI=1S/C20H31N3O4/c1-14(2)5-8-23-9-6-20(7-10-23)13-19(4,17(24)12-27-20)22-18(25)16-11-26-15(3)21-16/h5,11,17,24H,6-10,12-13H2,1-4H3,(H,22,25)/t17-,19-/m1/s1. The summed E-state index contributed by atoms with van der Waals surface area (Å²) in [6.07, 6.45) is 5.20. The van der Waals surface area contributed by atoms with E-state index in [4.69, 9.17) is 9.15 Å². The molecule has 0 unspecified atom stereocenters. The zero-order chi connectivity index (χ0) is 19.7. The van der Waals surface area contributed by atoms with Gasteiger partial charge in [0, 0.05) is 33.0 Å². The molecule has 3 heterocycles. The lowest BCUT2D eigenvalue weighted by atomic mass is 9.74. The fraction of sp³-hybridized carbons (Fsp3) is 0.700. The van der Waals surface area contributed by atoms with E-state index in [2.05, 4.69) is 35.1 Å². The number of aryl methyl sites for hydroxylation is 1. The number of piperidine rings is 1. The average Bonchev–Trinajstić information content (AvgIpc) is 3.05. The molecule has 2 aliphatic rings. The molecule has 7 heteroatoms. The molecular formula is C20H31N3O4. The van der Waals surface area contributed by atoms with Gasteiger partial charge in [-0.1, -0.05) is 11.6 Å². The van der Waals surface area contributed by atoms with Crippen LogP contribution in [-0.4, -0.2) is 64.4 Å². The summed E-state index contributed by atoms with van der Waals surface area (Å²) in [5.41, 5.74) is 0.496. The number of aliphatic hydroxyl groups excluding tert-OH is 1. The minimum Gasteiger partial charge on any atom is -0.448 e. The molecule has 2 atom stereocenters. The zero-order valence-corrected chi connectivity index (χ0v) is 16.7. The maximum Gasteiger partial charge on any atom is 0.273 e. The Morgan fingerprint density at radius 3 is 2.74 bits per heavy atom. The van der Waals surface area contributed by atoms with Gasteiger partial charge in [-0.2, -0.15) is 0 Å². The Bertz CT molecular complexity index is 702. The van der Waals surface area contributed by atoms with E-state index in [0.717, 1.165) is 32.5 Å². The van der Waals surface area contributed by atoms with Crippen LogP contribution in [0.25, 0.3) is 0 Å². The van der Waals surface area contributed by atoms with Crippen LogP contribution in [0.4, 0.5) is 0 Å². The van der Waals surface area contributed by atoms with Gasteiger partial charge in [0.2, 0.25) is 0 Å². The lowest BCUT2D eigenvalue weighted by Crippen LogP contribution is -2.65. The number of allylic oxidation sites excluding steroid dienone is 1. The first kappa shape index (κ1) is 20.0. The second-order valence-corrected chi connectivity index (χ2v) is 8.39. The molecule has 2 saturated heterocycles. The van der Waals surface area contributed by atoms with E-state index in [0.29, 0.717) is 12.3 Å². The summed E-state index contributed by atoms with van der Waals surface area (Å²) in [5.74, 6) is 0.115. The average molecular weight is 377 g/mol. The number of rotatable bonds is 4. The van der Waals surface area contributed by atoms with Crippen molar-refractivity contribution >= 4 is 5.91 Å². The smallest absolute Gasteiger partial charge is 0.273 e. The highest BCUT2D eigenvalue weighted by molar-refractivity contribution is 5.92. The molecule has 7 nitrogen and oxygen atoms in total. The Kier molecular flexibility index (Phi) is 5.74. The SMILES string of the molecule is CC(C)=CCN1CCC2(CC1)C[C@@](C)(NC(=O)c1coc(C)n1)[C@H](O)CO2. The van der Waals surface area contributed by atoms with Crippen LogP contribution in [0.5, 0.6) is 0 Å². The first-order chi connectivity index (χ1) is 12.7. The highest BCUT2D eigenvalue weighted by Gasteiger charge is 2.50. The highest BCUT2D eigenvalue weighted by atomic mass is 16.5. The van der Waals surface area contributed by atoms with Gasteiger partial charge in [-0.25, -0.2) is 4.98 Å². The van der Waals surface area contributed by atoms with Crippen LogP contribution < -0.4 is 5.32 Å². The Balaban J connectivity index is 1.65. The van der Waals surface area contributed by atoms with Crippen molar-refractivity contribution in [3.63, 3.8) is 0 Å². The number of hydrogen-bond acceptors (Lipinski definition) is 6. The highest BCUT2D eigenvalue weighted by Crippen LogP contribution is 2.39. The van der Waals surface area contributed by atoms with Crippen molar-refractivity contribution in [2.75, 3.05) is 26.2 Å². The minimum atomic E-state index is -0.760. The van der Waals surface area contributed by atoms with E-state index in [1.54, 1.807) is 6.92 Å². The Hall–Kier alpha value is -1.70. The molecule has 0 aliphatic carbocycles. The van der Waals surface area contributed by atoms with Gasteiger partial charge in [0.25, 0.3) is 5.91 Å². The van der Waals surface area contributed by atoms with Crippen molar-refractivity contribution in [3.05, 3.63) is 29.5 Å². The number of aromatic nitrogens is 1. The van der Waals surface area contributed by atoms with Crippen molar-refractivity contribution in [1.82, 2.24) is 15.2 Å². The van der Waals surface area contributed by atoms with Gasteiger partial charge in [0.1, 0.15) is 12.4 Å². The van der Waals surface area contributed by atoms with E-state index in [9.17, 15) is 9.90 Å². The Labute approximate surface area is 160 Å². The molecule has 2 N–H and O–H groups in total. The zero-order valence-electron chi connectivity index (χ0n) is 16.7. The van der Waals surface area contributed by atoms with E-state index in [1.807, 2.05) is 6.92 Å². The first-order valence-corrected chi connectivity index (χ1v) is 9.64. The second-order valence-electron chi connectivity index (χ2n) is 8.39. The molecule has 1 spiro atoms. The molecule has 0 radical (unpaired) electrons. The summed E-state index contributed by atoms with van der Waals surface area (Å²) in [7, 11) is 0. The maximum absolute atomic E-state index is 12.5. The molecule has 1 amide bonds. The quantitative estimate of drug-likeness (QED) is 0.781. The molecule has 0 aromatic carbocycles. The summed E-state index contributed by atoms with van der Waals surface area (Å²) in [6.45, 7) is 10.9. The van der Waals surface area contributed by atoms with Crippen molar-refractivity contribution < 1.29 is 19.1 Å². The topological polar surface area (TPSA) is 87.8 Å². The van der Waals surface area contributed by atoms with Gasteiger partial charge in [-0.15, -0.1) is 0 Å². The van der Waals surface area contributed by atoms with Crippen LogP contribution in [0.3, 0.4) is 0 Å². The largest absolute Gasteiger partial charge is 0.448 e. The van der Waals surface area contributed by atoms with Gasteiger partial charge >= 0.3 is 0 Å². The number of ether oxygens (including phenoxy) is 1. The molecule has 3 rings (SSSR count). The maximum atomic E-state index is 12.5. The molecule has 150 valence electrons. The summed E-state index contributed by atoms with van der Waals surface area (Å²) < 4.78 is 11.2. The van der Waals surface area contributed by atoms with Crippen LogP contribution in [-0.2, 0) is 4.74 Å². The van der Waals surface area contributed by atoms with Gasteiger partial charge < -0.3 is 19.6 Å².